The van der Waals surface area contributed by atoms with Crippen LogP contribution in [0.15, 0.2) is 35.7 Å². The van der Waals surface area contributed by atoms with Gasteiger partial charge in [0.25, 0.3) is 0 Å². The Hall–Kier alpha value is -1.72. The third kappa shape index (κ3) is 4.93. The third-order valence-corrected chi connectivity index (χ3v) is 4.35. The van der Waals surface area contributed by atoms with E-state index in [-0.39, 0.29) is 12.5 Å². The average molecular weight is 318 g/mol. The van der Waals surface area contributed by atoms with Crippen LogP contribution in [0.2, 0.25) is 0 Å². The van der Waals surface area contributed by atoms with E-state index < -0.39 is 5.60 Å². The summed E-state index contributed by atoms with van der Waals surface area (Å²) in [5.74, 6) is -0.0387. The largest absolute Gasteiger partial charge is 0.384 e. The van der Waals surface area contributed by atoms with Crippen LogP contribution in [-0.4, -0.2) is 22.5 Å². The van der Waals surface area contributed by atoms with Gasteiger partial charge in [0.1, 0.15) is 5.60 Å². The highest BCUT2D eigenvalue weighted by atomic mass is 32.1. The number of aryl methyl sites for hydroxylation is 2. The van der Waals surface area contributed by atoms with E-state index in [0.29, 0.717) is 6.42 Å². The summed E-state index contributed by atoms with van der Waals surface area (Å²) in [7, 11) is 0. The third-order valence-electron chi connectivity index (χ3n) is 3.53. The molecular weight excluding hydrogens is 296 g/mol. The number of nitrogens with zero attached hydrogens (tertiary/aromatic N) is 1. The van der Waals surface area contributed by atoms with Crippen molar-refractivity contribution >= 4 is 17.2 Å². The van der Waals surface area contributed by atoms with Crippen LogP contribution in [0.1, 0.15) is 36.0 Å². The average Bonchev–Trinajstić information content (AvgIpc) is 2.92. The summed E-state index contributed by atoms with van der Waals surface area (Å²) >= 11 is 1.63. The fourth-order valence-electron chi connectivity index (χ4n) is 2.21. The molecular formula is C17H22N2O2S. The lowest BCUT2D eigenvalue weighted by Crippen LogP contribution is -2.38. The van der Waals surface area contributed by atoms with Crippen LogP contribution in [0, 0.1) is 6.92 Å². The van der Waals surface area contributed by atoms with Crippen LogP contribution in [-0.2, 0) is 16.8 Å². The Bertz CT molecular complexity index is 608. The summed E-state index contributed by atoms with van der Waals surface area (Å²) in [5, 5.41) is 16.3. The summed E-state index contributed by atoms with van der Waals surface area (Å²) in [5.41, 5.74) is 0.794. The molecule has 118 valence electrons. The van der Waals surface area contributed by atoms with Crippen LogP contribution >= 0.6 is 11.3 Å². The van der Waals surface area contributed by atoms with Crippen molar-refractivity contribution < 1.29 is 9.90 Å². The van der Waals surface area contributed by atoms with Crippen LogP contribution in [0.3, 0.4) is 0 Å². The van der Waals surface area contributed by atoms with Crippen molar-refractivity contribution in [1.29, 1.82) is 0 Å². The van der Waals surface area contributed by atoms with E-state index in [9.17, 15) is 9.90 Å². The molecule has 22 heavy (non-hydrogen) atoms. The molecule has 1 aromatic carbocycles. The number of carbonyl (C=O) groups is 1. The molecule has 0 saturated heterocycles. The smallest absolute Gasteiger partial charge is 0.220 e. The van der Waals surface area contributed by atoms with Gasteiger partial charge >= 0.3 is 0 Å². The van der Waals surface area contributed by atoms with E-state index in [2.05, 4.69) is 10.3 Å². The minimum absolute atomic E-state index is 0.0387. The minimum atomic E-state index is -1.05. The first-order chi connectivity index (χ1) is 10.5. The molecule has 2 rings (SSSR count). The fourth-order valence-corrected chi connectivity index (χ4v) is 2.86. The molecule has 2 N–H and O–H groups in total. The molecule has 4 nitrogen and oxygen atoms in total. The van der Waals surface area contributed by atoms with Gasteiger partial charge in [0.2, 0.25) is 5.91 Å². The number of aromatic nitrogens is 1. The summed E-state index contributed by atoms with van der Waals surface area (Å²) in [6.45, 7) is 3.90. The number of benzene rings is 1. The number of hydrogen-bond acceptors (Lipinski definition) is 4. The first-order valence-electron chi connectivity index (χ1n) is 7.43. The van der Waals surface area contributed by atoms with Gasteiger partial charge in [-0.15, -0.1) is 11.3 Å². The second-order valence-electron chi connectivity index (χ2n) is 5.63. The number of aliphatic hydroxyl groups is 1. The molecule has 0 bridgehead atoms. The maximum absolute atomic E-state index is 11.9. The van der Waals surface area contributed by atoms with Crippen LogP contribution in [0.25, 0.3) is 0 Å². The number of rotatable bonds is 7. The van der Waals surface area contributed by atoms with Gasteiger partial charge in [-0.2, -0.15) is 0 Å². The first kappa shape index (κ1) is 16.6. The molecule has 1 atom stereocenters. The second kappa shape index (κ2) is 7.51. The minimum Gasteiger partial charge on any atom is -0.384 e. The number of carbonyl (C=O) groups excluding carboxylic acids is 1. The molecule has 0 saturated carbocycles. The van der Waals surface area contributed by atoms with Crippen molar-refractivity contribution in [3.05, 3.63) is 52.0 Å². The lowest BCUT2D eigenvalue weighted by Gasteiger charge is -2.24. The van der Waals surface area contributed by atoms with Crippen molar-refractivity contribution in [3.63, 3.8) is 0 Å². The van der Waals surface area contributed by atoms with Gasteiger partial charge in [-0.3, -0.25) is 4.79 Å². The van der Waals surface area contributed by atoms with Gasteiger partial charge in [-0.05, 0) is 32.3 Å². The van der Waals surface area contributed by atoms with E-state index in [4.69, 9.17) is 0 Å². The maximum Gasteiger partial charge on any atom is 0.220 e. The predicted molar refractivity (Wildman–Crippen MR) is 88.8 cm³/mol. The van der Waals surface area contributed by atoms with Gasteiger partial charge < -0.3 is 10.4 Å². The van der Waals surface area contributed by atoms with Crippen LogP contribution < -0.4 is 5.32 Å². The molecule has 0 aliphatic heterocycles. The van der Waals surface area contributed by atoms with Crippen LogP contribution in [0.4, 0.5) is 0 Å². The fraction of sp³-hybridized carbons (Fsp3) is 0.412. The molecule has 0 fully saturated rings. The Morgan fingerprint density at radius 1 is 1.36 bits per heavy atom. The molecule has 0 aliphatic carbocycles. The Kier molecular flexibility index (Phi) is 5.69. The Labute approximate surface area is 135 Å². The molecule has 0 spiro atoms. The number of hydrogen-bond donors (Lipinski definition) is 2. The maximum atomic E-state index is 11.9. The van der Waals surface area contributed by atoms with E-state index in [0.717, 1.165) is 29.1 Å². The van der Waals surface area contributed by atoms with Crippen molar-refractivity contribution in [2.24, 2.45) is 0 Å². The molecule has 1 heterocycles. The lowest BCUT2D eigenvalue weighted by atomic mass is 9.96. The quantitative estimate of drug-likeness (QED) is 0.825. The molecule has 5 heteroatoms. The van der Waals surface area contributed by atoms with E-state index >= 15 is 0 Å². The number of thiazole rings is 1. The van der Waals surface area contributed by atoms with Crippen molar-refractivity contribution in [2.45, 2.75) is 38.7 Å². The molecule has 0 radical (unpaired) electrons. The monoisotopic (exact) mass is 318 g/mol. The summed E-state index contributed by atoms with van der Waals surface area (Å²) < 4.78 is 0. The standard InChI is InChI=1S/C17H22N2O2S/c1-13-19-15(11-22-13)9-6-10-16(20)18-12-17(2,21)14-7-4-3-5-8-14/h3-5,7-8,11,21H,6,9-10,12H2,1-2H3,(H,18,20). The zero-order valence-electron chi connectivity index (χ0n) is 13.0. The number of amides is 1. The zero-order valence-corrected chi connectivity index (χ0v) is 13.8. The van der Waals surface area contributed by atoms with Gasteiger partial charge in [-0.1, -0.05) is 30.3 Å². The second-order valence-corrected chi connectivity index (χ2v) is 6.69. The Morgan fingerprint density at radius 3 is 2.73 bits per heavy atom. The summed E-state index contributed by atoms with van der Waals surface area (Å²) in [4.78, 5) is 16.3. The molecule has 1 amide bonds. The SMILES string of the molecule is Cc1nc(CCCC(=O)NCC(C)(O)c2ccccc2)cs1. The normalized spacial score (nSPS) is 13.6. The summed E-state index contributed by atoms with van der Waals surface area (Å²) in [6.07, 6.45) is 2.02. The topological polar surface area (TPSA) is 62.2 Å². The van der Waals surface area contributed by atoms with Gasteiger partial charge in [0.15, 0.2) is 0 Å². The van der Waals surface area contributed by atoms with Crippen LogP contribution in [0.5, 0.6) is 0 Å². The van der Waals surface area contributed by atoms with Gasteiger partial charge in [0, 0.05) is 11.8 Å². The van der Waals surface area contributed by atoms with Crippen molar-refractivity contribution in [3.8, 4) is 0 Å². The molecule has 0 aliphatic rings. The highest BCUT2D eigenvalue weighted by molar-refractivity contribution is 7.09. The lowest BCUT2D eigenvalue weighted by molar-refractivity contribution is -0.122. The molecule has 2 aromatic rings. The van der Waals surface area contributed by atoms with Crippen molar-refractivity contribution in [1.82, 2.24) is 10.3 Å². The van der Waals surface area contributed by atoms with E-state index in [1.807, 2.05) is 42.6 Å². The van der Waals surface area contributed by atoms with Gasteiger partial charge in [0.05, 0.1) is 17.2 Å². The van der Waals surface area contributed by atoms with Crippen molar-refractivity contribution in [2.75, 3.05) is 6.54 Å². The first-order valence-corrected chi connectivity index (χ1v) is 8.31. The Balaban J connectivity index is 1.73. The van der Waals surface area contributed by atoms with E-state index in [1.165, 1.54) is 0 Å². The Morgan fingerprint density at radius 2 is 2.09 bits per heavy atom. The number of nitrogens with one attached hydrogen (secondary N) is 1. The molecule has 1 unspecified atom stereocenters. The predicted octanol–water partition coefficient (Wildman–Crippen LogP) is 2.80. The molecule has 1 aromatic heterocycles. The highest BCUT2D eigenvalue weighted by Gasteiger charge is 2.23. The van der Waals surface area contributed by atoms with Gasteiger partial charge in [-0.25, -0.2) is 4.98 Å². The highest BCUT2D eigenvalue weighted by Crippen LogP contribution is 2.19. The van der Waals surface area contributed by atoms with E-state index in [1.54, 1.807) is 18.3 Å². The zero-order chi connectivity index (χ0) is 16.0. The summed E-state index contributed by atoms with van der Waals surface area (Å²) in [6, 6.07) is 9.37.